The molecule has 0 saturated carbocycles. The van der Waals surface area contributed by atoms with Crippen LogP contribution >= 0.6 is 0 Å². The van der Waals surface area contributed by atoms with Crippen molar-refractivity contribution < 1.29 is 0 Å². The fourth-order valence-electron chi connectivity index (χ4n) is 2.38. The van der Waals surface area contributed by atoms with Crippen LogP contribution in [-0.2, 0) is 0 Å². The second-order valence-electron chi connectivity index (χ2n) is 4.96. The molecule has 0 saturated heterocycles. The smallest absolute Gasteiger partial charge is 0.0957 e. The number of hydrogen-bond acceptors (Lipinski definition) is 1. The van der Waals surface area contributed by atoms with Gasteiger partial charge in [0.15, 0.2) is 0 Å². The Kier molecular flexibility index (Phi) is 2.82. The normalized spacial score (nSPS) is 10.9. The first-order valence-corrected chi connectivity index (χ1v) is 6.02. The second kappa shape index (κ2) is 4.02. The molecule has 0 aliphatic carbocycles. The lowest BCUT2D eigenvalue weighted by molar-refractivity contribution is 1.04. The van der Waals surface area contributed by atoms with Crippen molar-refractivity contribution in [2.45, 2.75) is 41.5 Å². The fourth-order valence-corrected chi connectivity index (χ4v) is 2.38. The Hall–Kier alpha value is -1.57. The third-order valence-corrected chi connectivity index (χ3v) is 3.85. The highest BCUT2D eigenvalue weighted by Crippen LogP contribution is 2.32. The van der Waals surface area contributed by atoms with Gasteiger partial charge in [-0.15, -0.1) is 0 Å². The highest BCUT2D eigenvalue weighted by Gasteiger charge is 2.15. The molecular formula is C15H20N2. The molecule has 2 aromatic rings. The lowest BCUT2D eigenvalue weighted by Gasteiger charge is -2.14. The molecule has 2 rings (SSSR count). The molecule has 0 amide bonds. The number of benzene rings is 1. The molecule has 0 spiro atoms. The Morgan fingerprint density at radius 2 is 1.47 bits per heavy atom. The van der Waals surface area contributed by atoms with Gasteiger partial charge in [0.05, 0.1) is 5.69 Å². The van der Waals surface area contributed by atoms with Gasteiger partial charge in [-0.3, -0.25) is 5.10 Å². The van der Waals surface area contributed by atoms with Crippen molar-refractivity contribution >= 4 is 0 Å². The standard InChI is InChI=1S/C15H20N2/c1-8-7-9(2)14(11(4)10(8)3)15-12(5)13(6)16-17-15/h7H,1-6H3,(H,16,17). The van der Waals surface area contributed by atoms with Crippen LogP contribution in [0.1, 0.15) is 33.5 Å². The van der Waals surface area contributed by atoms with Gasteiger partial charge in [-0.1, -0.05) is 6.07 Å². The van der Waals surface area contributed by atoms with Crippen molar-refractivity contribution in [2.24, 2.45) is 0 Å². The van der Waals surface area contributed by atoms with E-state index in [0.29, 0.717) is 0 Å². The average molecular weight is 228 g/mol. The molecule has 0 bridgehead atoms. The molecule has 1 aromatic heterocycles. The summed E-state index contributed by atoms with van der Waals surface area (Å²) in [5.74, 6) is 0. The van der Waals surface area contributed by atoms with Crippen molar-refractivity contribution in [1.82, 2.24) is 10.2 Å². The summed E-state index contributed by atoms with van der Waals surface area (Å²) in [6.07, 6.45) is 0. The number of aryl methyl sites for hydroxylation is 3. The van der Waals surface area contributed by atoms with Crippen LogP contribution in [0.25, 0.3) is 11.3 Å². The van der Waals surface area contributed by atoms with Gasteiger partial charge in [-0.2, -0.15) is 5.10 Å². The van der Waals surface area contributed by atoms with Crippen LogP contribution in [0, 0.1) is 41.5 Å². The molecule has 0 radical (unpaired) electrons. The number of nitrogens with zero attached hydrogens (tertiary/aromatic N) is 1. The van der Waals surface area contributed by atoms with E-state index in [4.69, 9.17) is 0 Å². The van der Waals surface area contributed by atoms with E-state index in [-0.39, 0.29) is 0 Å². The molecule has 0 aliphatic heterocycles. The van der Waals surface area contributed by atoms with E-state index in [1.165, 1.54) is 33.4 Å². The van der Waals surface area contributed by atoms with Gasteiger partial charge < -0.3 is 0 Å². The molecule has 2 nitrogen and oxygen atoms in total. The third kappa shape index (κ3) is 1.78. The van der Waals surface area contributed by atoms with Crippen LogP contribution in [0.15, 0.2) is 6.07 Å². The summed E-state index contributed by atoms with van der Waals surface area (Å²) >= 11 is 0. The molecule has 1 aromatic carbocycles. The Morgan fingerprint density at radius 1 is 0.824 bits per heavy atom. The lowest BCUT2D eigenvalue weighted by Crippen LogP contribution is -1.96. The first kappa shape index (κ1) is 11.9. The minimum Gasteiger partial charge on any atom is -0.282 e. The molecule has 1 heterocycles. The molecule has 0 unspecified atom stereocenters. The summed E-state index contributed by atoms with van der Waals surface area (Å²) in [6, 6.07) is 2.25. The predicted octanol–water partition coefficient (Wildman–Crippen LogP) is 3.93. The SMILES string of the molecule is Cc1cc(C)c(-c2n[nH]c(C)c2C)c(C)c1C. The van der Waals surface area contributed by atoms with Gasteiger partial charge in [0.1, 0.15) is 0 Å². The summed E-state index contributed by atoms with van der Waals surface area (Å²) in [4.78, 5) is 0. The zero-order chi connectivity index (χ0) is 12.7. The molecule has 0 atom stereocenters. The van der Waals surface area contributed by atoms with Gasteiger partial charge in [0, 0.05) is 11.3 Å². The zero-order valence-electron chi connectivity index (χ0n) is 11.5. The van der Waals surface area contributed by atoms with Crippen LogP contribution in [0.4, 0.5) is 0 Å². The minimum atomic E-state index is 1.10. The first-order chi connectivity index (χ1) is 7.93. The topological polar surface area (TPSA) is 28.7 Å². The largest absolute Gasteiger partial charge is 0.282 e. The Bertz CT molecular complexity index is 577. The predicted molar refractivity (Wildman–Crippen MR) is 72.4 cm³/mol. The van der Waals surface area contributed by atoms with Gasteiger partial charge in [0.25, 0.3) is 0 Å². The maximum Gasteiger partial charge on any atom is 0.0957 e. The van der Waals surface area contributed by atoms with Crippen molar-refractivity contribution in [1.29, 1.82) is 0 Å². The number of aromatic amines is 1. The Balaban J connectivity index is 2.76. The number of aromatic nitrogens is 2. The molecular weight excluding hydrogens is 208 g/mol. The molecule has 0 aliphatic rings. The van der Waals surface area contributed by atoms with Gasteiger partial charge in [-0.25, -0.2) is 0 Å². The molecule has 1 N–H and O–H groups in total. The van der Waals surface area contributed by atoms with E-state index in [9.17, 15) is 0 Å². The van der Waals surface area contributed by atoms with Crippen LogP contribution in [0.2, 0.25) is 0 Å². The van der Waals surface area contributed by atoms with Crippen LogP contribution < -0.4 is 0 Å². The summed E-state index contributed by atoms with van der Waals surface area (Å²) in [7, 11) is 0. The van der Waals surface area contributed by atoms with Gasteiger partial charge >= 0.3 is 0 Å². The van der Waals surface area contributed by atoms with E-state index in [1.54, 1.807) is 0 Å². The number of rotatable bonds is 1. The molecule has 0 fully saturated rings. The summed E-state index contributed by atoms with van der Waals surface area (Å²) in [5.41, 5.74) is 10.2. The minimum absolute atomic E-state index is 1.10. The van der Waals surface area contributed by atoms with E-state index >= 15 is 0 Å². The van der Waals surface area contributed by atoms with Gasteiger partial charge in [0.2, 0.25) is 0 Å². The number of H-pyrrole nitrogens is 1. The van der Waals surface area contributed by atoms with E-state index < -0.39 is 0 Å². The van der Waals surface area contributed by atoms with Crippen molar-refractivity contribution in [2.75, 3.05) is 0 Å². The van der Waals surface area contributed by atoms with Crippen molar-refractivity contribution in [3.63, 3.8) is 0 Å². The lowest BCUT2D eigenvalue weighted by atomic mass is 9.91. The van der Waals surface area contributed by atoms with Crippen molar-refractivity contribution in [3.05, 3.63) is 39.6 Å². The molecule has 90 valence electrons. The average Bonchev–Trinajstić information content (AvgIpc) is 2.58. The summed E-state index contributed by atoms with van der Waals surface area (Å²) in [6.45, 7) is 12.9. The van der Waals surface area contributed by atoms with E-state index in [2.05, 4.69) is 57.8 Å². The zero-order valence-corrected chi connectivity index (χ0v) is 11.5. The second-order valence-corrected chi connectivity index (χ2v) is 4.96. The summed E-state index contributed by atoms with van der Waals surface area (Å²) < 4.78 is 0. The summed E-state index contributed by atoms with van der Waals surface area (Å²) in [5, 5.41) is 7.53. The first-order valence-electron chi connectivity index (χ1n) is 6.02. The number of hydrogen-bond donors (Lipinski definition) is 1. The van der Waals surface area contributed by atoms with E-state index in [0.717, 1.165) is 11.4 Å². The van der Waals surface area contributed by atoms with Gasteiger partial charge in [-0.05, 0) is 69.4 Å². The monoisotopic (exact) mass is 228 g/mol. The fraction of sp³-hybridized carbons (Fsp3) is 0.400. The van der Waals surface area contributed by atoms with Crippen LogP contribution in [-0.4, -0.2) is 10.2 Å². The Morgan fingerprint density at radius 3 is 2.00 bits per heavy atom. The van der Waals surface area contributed by atoms with Crippen LogP contribution in [0.3, 0.4) is 0 Å². The highest BCUT2D eigenvalue weighted by molar-refractivity contribution is 5.72. The molecule has 2 heteroatoms. The van der Waals surface area contributed by atoms with E-state index in [1.807, 2.05) is 0 Å². The van der Waals surface area contributed by atoms with Crippen molar-refractivity contribution in [3.8, 4) is 11.3 Å². The Labute approximate surface area is 103 Å². The maximum atomic E-state index is 4.45. The third-order valence-electron chi connectivity index (χ3n) is 3.85. The van der Waals surface area contributed by atoms with Crippen LogP contribution in [0.5, 0.6) is 0 Å². The molecule has 17 heavy (non-hydrogen) atoms. The maximum absolute atomic E-state index is 4.45. The quantitative estimate of drug-likeness (QED) is 0.787. The highest BCUT2D eigenvalue weighted by atomic mass is 15.1. The number of nitrogens with one attached hydrogen (secondary N) is 1.